The van der Waals surface area contributed by atoms with Gasteiger partial charge in [0.2, 0.25) is 0 Å². The largest absolute Gasteiger partial charge is 0.354 e. The molecule has 6 aromatic heterocycles. The Morgan fingerprint density at radius 2 is 0.958 bits per heavy atom. The number of piperidine rings is 3. The van der Waals surface area contributed by atoms with Crippen LogP contribution in [0.4, 0.5) is 17.5 Å². The van der Waals surface area contributed by atoms with Gasteiger partial charge in [-0.25, -0.2) is 49.6 Å². The number of nitrogens with one attached hydrogen (secondary N) is 3. The van der Waals surface area contributed by atoms with Crippen LogP contribution in [0.2, 0.25) is 0 Å². The van der Waals surface area contributed by atoms with E-state index in [4.69, 9.17) is 63.6 Å². The van der Waals surface area contributed by atoms with Crippen LogP contribution in [0, 0.1) is 58.2 Å². The summed E-state index contributed by atoms with van der Waals surface area (Å²) in [6, 6.07) is -6.75. The molecule has 3 saturated heterocycles. The minimum Gasteiger partial charge on any atom is -0.354 e. The van der Waals surface area contributed by atoms with Gasteiger partial charge in [0, 0.05) is 105 Å². The highest BCUT2D eigenvalue weighted by Crippen LogP contribution is 2.32. The fourth-order valence-corrected chi connectivity index (χ4v) is 7.07. The Balaban J connectivity index is 0.000000218. The average molecular weight is 1010 g/mol. The second kappa shape index (κ2) is 22.9. The van der Waals surface area contributed by atoms with Gasteiger partial charge in [0.1, 0.15) is 57.4 Å². The number of anilines is 3. The van der Waals surface area contributed by atoms with Gasteiger partial charge in [-0.3, -0.25) is 14.4 Å². The van der Waals surface area contributed by atoms with Crippen molar-refractivity contribution in [3.63, 3.8) is 0 Å². The Hall–Kier alpha value is -7.86. The number of hydrogen-bond donors (Lipinski definition) is 3. The fraction of sp³-hybridized carbons (Fsp3) is 0.529. The summed E-state index contributed by atoms with van der Waals surface area (Å²) in [4.78, 5) is 81.1. The van der Waals surface area contributed by atoms with Gasteiger partial charge in [-0.05, 0) is 75.7 Å². The molecule has 21 heteroatoms. The first kappa shape index (κ1) is 24.5. The quantitative estimate of drug-likeness (QED) is 0.152. The molecule has 72 heavy (non-hydrogen) atoms. The molecule has 6 aromatic rings. The summed E-state index contributed by atoms with van der Waals surface area (Å²) in [6.07, 6.45) is -11.8. The van der Waals surface area contributed by atoms with E-state index in [2.05, 4.69) is 59.4 Å². The lowest BCUT2D eigenvalue weighted by Crippen LogP contribution is -2.53. The number of amides is 3. The van der Waals surface area contributed by atoms with Crippen molar-refractivity contribution < 1.29 is 58.2 Å². The van der Waals surface area contributed by atoms with Crippen molar-refractivity contribution in [1.29, 1.82) is 0 Å². The first-order chi connectivity index (χ1) is 46.9. The monoisotopic (exact) mass is 1010 g/mol. The summed E-state index contributed by atoms with van der Waals surface area (Å²) in [6.45, 7) is -3.36. The van der Waals surface area contributed by atoms with Crippen molar-refractivity contribution in [3.05, 3.63) is 88.4 Å². The van der Waals surface area contributed by atoms with Crippen LogP contribution in [0.3, 0.4) is 0 Å². The highest BCUT2D eigenvalue weighted by molar-refractivity contribution is 5.90. The summed E-state index contributed by atoms with van der Waals surface area (Å²) in [5, 5.41) is 0.0305. The second-order valence-electron chi connectivity index (χ2n) is 15.6. The molecule has 9 heterocycles. The van der Waals surface area contributed by atoms with E-state index in [0.29, 0.717) is 11.4 Å². The molecule has 6 atom stereocenters. The zero-order chi connectivity index (χ0) is 80.0. The van der Waals surface area contributed by atoms with Crippen LogP contribution in [0.15, 0.2) is 37.0 Å². The summed E-state index contributed by atoms with van der Waals surface area (Å²) in [5.41, 5.74) is 1.12. The molecule has 3 fully saturated rings. The lowest BCUT2D eigenvalue weighted by atomic mass is 9.92. The standard InChI is InChI=1S/3C17H22N6O/c3*1-11-5-6-23(15(24)8-18-3)9-14(11)22(4)17-13-7-12(2)21-16(13)19-10-20-17/h3*7,10-11,14H,5-6,8-9H2,1-2,4H3,(H,19,20,21)/t3*11-,14+/m111/s1/i1D3,5D2,6D2,7D,9D2,10D,11D;5D2,6D2,7D,9D2,10D,11D;1D3,5D2,6D2,7D,9D2,10D. The van der Waals surface area contributed by atoms with E-state index in [1.807, 2.05) is 0 Å². The normalized spacial score (nSPS) is 36.0. The number of likely N-dealkylation sites (N-methyl/N-ethyl adjacent to an activating group) is 3. The molecule has 3 aliphatic heterocycles. The lowest BCUT2D eigenvalue weighted by Gasteiger charge is -2.41. The molecule has 0 bridgehead atoms. The smallest absolute Gasteiger partial charge is 0.302 e. The predicted molar refractivity (Wildman–Crippen MR) is 278 cm³/mol. The number of aromatic nitrogens is 9. The maximum absolute atomic E-state index is 12.8. The Kier molecular flexibility index (Phi) is 7.80. The molecule has 9 rings (SSSR count). The van der Waals surface area contributed by atoms with E-state index in [-0.39, 0.29) is 83.3 Å². The second-order valence-corrected chi connectivity index (χ2v) is 15.6. The molecule has 0 saturated carbocycles. The van der Waals surface area contributed by atoms with Gasteiger partial charge in [-0.15, -0.1) is 0 Å². The van der Waals surface area contributed by atoms with E-state index in [1.54, 1.807) is 13.8 Å². The zero-order valence-electron chi connectivity index (χ0n) is 71.4. The van der Waals surface area contributed by atoms with Crippen LogP contribution >= 0.6 is 0 Å². The first-order valence-corrected chi connectivity index (χ1v) is 21.1. The molecule has 3 N–H and O–H groups in total. The Morgan fingerprint density at radius 3 is 1.33 bits per heavy atom. The topological polar surface area (TPSA) is 208 Å². The third kappa shape index (κ3) is 11.5. The molecule has 3 aliphatic rings. The van der Waals surface area contributed by atoms with Gasteiger partial charge in [-0.2, -0.15) is 0 Å². The molecule has 0 spiro atoms. The number of carbonyl (C=O) groups excluding carboxylic acids is 3. The number of nitrogens with zero attached hydrogens (tertiary/aromatic N) is 15. The van der Waals surface area contributed by atoms with Crippen LogP contribution in [0.25, 0.3) is 47.6 Å². The third-order valence-electron chi connectivity index (χ3n) is 10.5. The SMILES string of the molecule is [2H]c1nc(N(C)[C@@H]2[C@H](C([2H])([2H])[2H])C([2H])([2H])C([2H])([2H])N(C(=O)C[N+]#[C-])C2([2H])[2H])c2c([2H])c(C)[nH]c2n1.[2H]c1nc(N(C)[C@H]2C([2H])([2H])N(C(=O)C[N+]#[C-])C([2H])([2H])C([2H])([2H])[C@@]2([2H])C([2H])([2H])[2H])c2c([2H])c(C)[nH]c2n1.[2H]c1nc(N(C)[C@H]2C([2H])([2H])N(C(=O)C[N+]#[C-])C([2H])([2H])C([2H])([2H])[C@@]2([2H])C)c2c([2H])c(C)[nH]c2n1. The molecule has 0 aliphatic carbocycles. The minimum absolute atomic E-state index is 0.00858. The fourth-order valence-electron chi connectivity index (χ4n) is 7.07. The van der Waals surface area contributed by atoms with E-state index < -0.39 is 170 Å². The number of fused-ring (bicyclic) bond motifs is 3. The molecular formula is C51H66N18O3. The number of rotatable bonds is 9. The van der Waals surface area contributed by atoms with E-state index in [9.17, 15) is 14.4 Å². The first-order valence-electron chi connectivity index (χ1n) is 37.1. The number of H-pyrrole nitrogens is 3. The Labute approximate surface area is 465 Å². The van der Waals surface area contributed by atoms with Gasteiger partial charge in [-0.1, -0.05) is 20.6 Å². The number of aromatic amines is 3. The summed E-state index contributed by atoms with van der Waals surface area (Å²) in [5.74, 6) is -13.3. The zero-order valence-corrected chi connectivity index (χ0v) is 39.4. The van der Waals surface area contributed by atoms with Crippen molar-refractivity contribution in [3.8, 4) is 0 Å². The maximum atomic E-state index is 12.8. The molecule has 21 nitrogen and oxygen atoms in total. The van der Waals surface area contributed by atoms with Gasteiger partial charge in [0.05, 0.1) is 46.6 Å². The van der Waals surface area contributed by atoms with Crippen molar-refractivity contribution in [2.45, 2.75) is 78.6 Å². The Bertz CT molecular complexity index is 4550. The maximum Gasteiger partial charge on any atom is 0.302 e. The van der Waals surface area contributed by atoms with Crippen LogP contribution in [0.1, 0.15) is 101 Å². The molecule has 0 aromatic carbocycles. The van der Waals surface area contributed by atoms with Gasteiger partial charge in [0.15, 0.2) is 0 Å². The van der Waals surface area contributed by atoms with Crippen LogP contribution in [0.5, 0.6) is 0 Å². The molecular weight excluding hydrogens is 913 g/mol. The number of aryl methyl sites for hydroxylation is 3. The van der Waals surface area contributed by atoms with Crippen molar-refractivity contribution in [2.75, 3.05) is 94.5 Å². The number of likely N-dealkylation sites (tertiary alicyclic amines) is 3. The van der Waals surface area contributed by atoms with Gasteiger partial charge >= 0.3 is 17.7 Å². The van der Waals surface area contributed by atoms with Crippen molar-refractivity contribution in [1.82, 2.24) is 59.6 Å². The Morgan fingerprint density at radius 1 is 0.611 bits per heavy atom. The predicted octanol–water partition coefficient (Wildman–Crippen LogP) is 5.58. The molecule has 0 radical (unpaired) electrons. The molecule has 378 valence electrons. The van der Waals surface area contributed by atoms with Crippen molar-refractivity contribution >= 4 is 68.3 Å². The van der Waals surface area contributed by atoms with Gasteiger partial charge in [0.25, 0.3) is 19.6 Å². The third-order valence-corrected chi connectivity index (χ3v) is 10.5. The number of carbonyl (C=O) groups is 3. The lowest BCUT2D eigenvalue weighted by molar-refractivity contribution is -0.131. The van der Waals surface area contributed by atoms with Gasteiger partial charge < -0.3 is 58.9 Å². The highest BCUT2D eigenvalue weighted by Gasteiger charge is 2.36. The highest BCUT2D eigenvalue weighted by atomic mass is 16.2. The molecule has 3 amide bonds. The summed E-state index contributed by atoms with van der Waals surface area (Å²) >= 11 is 0. The average Bonchev–Trinajstić information content (AvgIpc) is 0.981. The van der Waals surface area contributed by atoms with E-state index in [1.165, 1.54) is 21.0 Å². The van der Waals surface area contributed by atoms with Crippen LogP contribution < -0.4 is 14.7 Å². The summed E-state index contributed by atoms with van der Waals surface area (Å²) in [7, 11) is 3.49. The minimum atomic E-state index is -3.72. The number of hydrogen-bond acceptors (Lipinski definition) is 12. The van der Waals surface area contributed by atoms with Crippen LogP contribution in [-0.4, -0.2) is 175 Å². The summed E-state index contributed by atoms with van der Waals surface area (Å²) < 4.78 is 267. The van der Waals surface area contributed by atoms with Crippen molar-refractivity contribution in [2.24, 2.45) is 17.7 Å². The van der Waals surface area contributed by atoms with Crippen LogP contribution in [-0.2, 0) is 14.4 Å². The molecule has 0 unspecified atom stereocenters. The van der Waals surface area contributed by atoms with E-state index in [0.717, 1.165) is 28.7 Å². The van der Waals surface area contributed by atoms with E-state index >= 15 is 0 Å².